The van der Waals surface area contributed by atoms with E-state index in [-0.39, 0.29) is 17.9 Å². The summed E-state index contributed by atoms with van der Waals surface area (Å²) in [5.74, 6) is 2.20. The molecule has 2 aliphatic heterocycles. The lowest BCUT2D eigenvalue weighted by Crippen LogP contribution is -2.46. The average Bonchev–Trinajstić information content (AvgIpc) is 3.29. The predicted molar refractivity (Wildman–Crippen MR) is 116 cm³/mol. The van der Waals surface area contributed by atoms with Crippen LogP contribution in [0.2, 0.25) is 0 Å². The number of ether oxygens (including phenoxy) is 1. The number of carbonyl (C=O) groups is 1. The van der Waals surface area contributed by atoms with E-state index in [1.807, 2.05) is 18.2 Å². The topological polar surface area (TPSA) is 67.3 Å². The highest BCUT2D eigenvalue weighted by Gasteiger charge is 2.30. The van der Waals surface area contributed by atoms with E-state index in [0.29, 0.717) is 6.61 Å². The minimum atomic E-state index is 0.0895. The van der Waals surface area contributed by atoms with Crippen molar-refractivity contribution < 1.29 is 9.53 Å². The molecular weight excluding hydrogens is 376 g/mol. The fourth-order valence-electron chi connectivity index (χ4n) is 4.92. The van der Waals surface area contributed by atoms with E-state index >= 15 is 0 Å². The number of aromatic nitrogens is 2. The van der Waals surface area contributed by atoms with Crippen LogP contribution in [0.25, 0.3) is 11.4 Å². The van der Waals surface area contributed by atoms with Gasteiger partial charge in [-0.05, 0) is 44.9 Å². The van der Waals surface area contributed by atoms with Gasteiger partial charge in [0.25, 0.3) is 0 Å². The molecule has 0 unspecified atom stereocenters. The van der Waals surface area contributed by atoms with Gasteiger partial charge < -0.3 is 15.0 Å². The number of hydrogen-bond acceptors (Lipinski definition) is 5. The van der Waals surface area contributed by atoms with Gasteiger partial charge in [0, 0.05) is 42.4 Å². The normalized spacial score (nSPS) is 22.0. The van der Waals surface area contributed by atoms with Crippen molar-refractivity contribution in [2.45, 2.75) is 51.0 Å². The van der Waals surface area contributed by atoms with Crippen LogP contribution in [-0.4, -0.2) is 48.2 Å². The molecule has 1 aromatic heterocycles. The van der Waals surface area contributed by atoms with Gasteiger partial charge in [0.15, 0.2) is 5.82 Å². The van der Waals surface area contributed by atoms with Crippen molar-refractivity contribution >= 4 is 11.7 Å². The third-order valence-corrected chi connectivity index (χ3v) is 6.62. The Morgan fingerprint density at radius 2 is 1.87 bits per heavy atom. The van der Waals surface area contributed by atoms with Gasteiger partial charge in [0.05, 0.1) is 12.6 Å². The van der Waals surface area contributed by atoms with Gasteiger partial charge >= 0.3 is 0 Å². The Morgan fingerprint density at radius 1 is 1.03 bits per heavy atom. The Labute approximate surface area is 178 Å². The molecule has 0 bridgehead atoms. The number of benzene rings is 1. The summed E-state index contributed by atoms with van der Waals surface area (Å²) >= 11 is 0. The van der Waals surface area contributed by atoms with Gasteiger partial charge in [-0.25, -0.2) is 9.97 Å². The summed E-state index contributed by atoms with van der Waals surface area (Å²) in [4.78, 5) is 25.0. The molecule has 2 saturated heterocycles. The Morgan fingerprint density at radius 3 is 2.63 bits per heavy atom. The molecule has 3 aliphatic rings. The maximum absolute atomic E-state index is 12.7. The second-order valence-electron chi connectivity index (χ2n) is 8.70. The highest BCUT2D eigenvalue weighted by molar-refractivity contribution is 5.79. The van der Waals surface area contributed by atoms with Crippen molar-refractivity contribution in [3.63, 3.8) is 0 Å². The second-order valence-corrected chi connectivity index (χ2v) is 8.70. The monoisotopic (exact) mass is 406 g/mol. The second kappa shape index (κ2) is 8.72. The Kier molecular flexibility index (Phi) is 5.67. The third-order valence-electron chi connectivity index (χ3n) is 6.62. The first-order chi connectivity index (χ1) is 14.8. The van der Waals surface area contributed by atoms with Gasteiger partial charge in [0.2, 0.25) is 5.91 Å². The first-order valence-electron chi connectivity index (χ1n) is 11.4. The summed E-state index contributed by atoms with van der Waals surface area (Å²) in [5.41, 5.74) is 3.59. The number of amides is 1. The summed E-state index contributed by atoms with van der Waals surface area (Å²) in [7, 11) is 0. The maximum Gasteiger partial charge on any atom is 0.223 e. The molecule has 3 heterocycles. The molecule has 5 rings (SSSR count). The van der Waals surface area contributed by atoms with Crippen molar-refractivity contribution in [3.05, 3.63) is 41.6 Å². The van der Waals surface area contributed by atoms with Crippen molar-refractivity contribution in [1.29, 1.82) is 0 Å². The van der Waals surface area contributed by atoms with E-state index in [2.05, 4.69) is 22.3 Å². The molecule has 30 heavy (non-hydrogen) atoms. The Bertz CT molecular complexity index is 888. The zero-order chi connectivity index (χ0) is 20.3. The lowest BCUT2D eigenvalue weighted by molar-refractivity contribution is -0.127. The fraction of sp³-hybridized carbons (Fsp3) is 0.542. The smallest absolute Gasteiger partial charge is 0.223 e. The number of anilines is 1. The number of nitrogens with one attached hydrogen (secondary N) is 1. The minimum Gasteiger partial charge on any atom is -0.379 e. The Balaban J connectivity index is 1.29. The molecule has 0 saturated carbocycles. The van der Waals surface area contributed by atoms with Crippen LogP contribution in [-0.2, 0) is 22.4 Å². The number of carbonyl (C=O) groups excluding carboxylic acids is 1. The molecule has 1 atom stereocenters. The van der Waals surface area contributed by atoms with Crippen LogP contribution >= 0.6 is 0 Å². The van der Waals surface area contributed by atoms with Gasteiger partial charge in [-0.1, -0.05) is 30.3 Å². The molecule has 1 aliphatic carbocycles. The molecule has 0 radical (unpaired) electrons. The molecule has 2 fully saturated rings. The van der Waals surface area contributed by atoms with E-state index in [1.165, 1.54) is 11.3 Å². The number of fused-ring (bicyclic) bond motifs is 1. The van der Waals surface area contributed by atoms with E-state index in [1.54, 1.807) is 0 Å². The highest BCUT2D eigenvalue weighted by atomic mass is 16.5. The number of piperidine rings is 1. The molecule has 2 aromatic rings. The van der Waals surface area contributed by atoms with Crippen molar-refractivity contribution in [1.82, 2.24) is 15.3 Å². The maximum atomic E-state index is 12.7. The van der Waals surface area contributed by atoms with Crippen LogP contribution in [0, 0.1) is 5.92 Å². The average molecular weight is 407 g/mol. The largest absolute Gasteiger partial charge is 0.379 e. The Hall–Kier alpha value is -2.47. The zero-order valence-corrected chi connectivity index (χ0v) is 17.5. The van der Waals surface area contributed by atoms with E-state index in [4.69, 9.17) is 14.7 Å². The van der Waals surface area contributed by atoms with Gasteiger partial charge in [-0.3, -0.25) is 4.79 Å². The number of nitrogens with zero attached hydrogens (tertiary/aromatic N) is 3. The van der Waals surface area contributed by atoms with Crippen LogP contribution in [0.4, 0.5) is 5.82 Å². The first-order valence-corrected chi connectivity index (χ1v) is 11.4. The van der Waals surface area contributed by atoms with Crippen LogP contribution < -0.4 is 10.2 Å². The van der Waals surface area contributed by atoms with Crippen LogP contribution in [0.15, 0.2) is 30.3 Å². The first kappa shape index (κ1) is 19.5. The van der Waals surface area contributed by atoms with Crippen molar-refractivity contribution in [2.24, 2.45) is 5.92 Å². The standard InChI is InChI=1S/C24H30N4O2/c29-24(25-19-8-5-15-30-16-19)18-11-13-28(14-12-18)23-20-9-4-10-21(20)26-22(27-23)17-6-2-1-3-7-17/h1-3,6-7,18-19H,4-5,8-16H2,(H,25,29)/t19-/m1/s1. The SMILES string of the molecule is O=C(N[C@@H]1CCCOC1)C1CCN(c2nc(-c3ccccc3)nc3c2CCC3)CC1. The van der Waals surface area contributed by atoms with Crippen LogP contribution in [0.1, 0.15) is 43.4 Å². The summed E-state index contributed by atoms with van der Waals surface area (Å²) in [6, 6.07) is 10.4. The van der Waals surface area contributed by atoms with Crippen LogP contribution in [0.5, 0.6) is 0 Å². The van der Waals surface area contributed by atoms with Gasteiger partial charge in [-0.15, -0.1) is 0 Å². The lowest BCUT2D eigenvalue weighted by atomic mass is 9.95. The van der Waals surface area contributed by atoms with Crippen molar-refractivity contribution in [3.8, 4) is 11.4 Å². The molecule has 6 heteroatoms. The van der Waals surface area contributed by atoms with E-state index < -0.39 is 0 Å². The van der Waals surface area contributed by atoms with Gasteiger partial charge in [0.1, 0.15) is 5.82 Å². The predicted octanol–water partition coefficient (Wildman–Crippen LogP) is 3.14. The summed E-state index contributed by atoms with van der Waals surface area (Å²) < 4.78 is 5.50. The van der Waals surface area contributed by atoms with Gasteiger partial charge in [-0.2, -0.15) is 0 Å². The fourth-order valence-corrected chi connectivity index (χ4v) is 4.92. The highest BCUT2D eigenvalue weighted by Crippen LogP contribution is 2.33. The molecule has 0 spiro atoms. The van der Waals surface area contributed by atoms with Crippen LogP contribution in [0.3, 0.4) is 0 Å². The zero-order valence-electron chi connectivity index (χ0n) is 17.5. The molecule has 1 N–H and O–H groups in total. The lowest BCUT2D eigenvalue weighted by Gasteiger charge is -2.34. The quantitative estimate of drug-likeness (QED) is 0.845. The molecule has 1 aromatic carbocycles. The summed E-state index contributed by atoms with van der Waals surface area (Å²) in [6.07, 6.45) is 7.05. The molecule has 158 valence electrons. The van der Waals surface area contributed by atoms with Crippen molar-refractivity contribution in [2.75, 3.05) is 31.2 Å². The van der Waals surface area contributed by atoms with E-state index in [0.717, 1.165) is 81.8 Å². The number of aryl methyl sites for hydroxylation is 1. The molecule has 1 amide bonds. The molecule has 6 nitrogen and oxygen atoms in total. The number of hydrogen-bond donors (Lipinski definition) is 1. The summed E-state index contributed by atoms with van der Waals surface area (Å²) in [5, 5.41) is 3.21. The number of rotatable bonds is 4. The third kappa shape index (κ3) is 4.06. The van der Waals surface area contributed by atoms with E-state index in [9.17, 15) is 4.79 Å². The molecular formula is C24H30N4O2. The summed E-state index contributed by atoms with van der Waals surface area (Å²) in [6.45, 7) is 3.22. The minimum absolute atomic E-state index is 0.0895.